The van der Waals surface area contributed by atoms with Gasteiger partial charge in [-0.2, -0.15) is 11.8 Å². The summed E-state index contributed by atoms with van der Waals surface area (Å²) in [5.41, 5.74) is 1.76. The molecule has 0 saturated carbocycles. The third-order valence-corrected chi connectivity index (χ3v) is 6.68. The Kier molecular flexibility index (Phi) is 8.05. The van der Waals surface area contributed by atoms with E-state index in [0.717, 1.165) is 30.2 Å². The van der Waals surface area contributed by atoms with Crippen molar-refractivity contribution in [2.24, 2.45) is 4.99 Å². The lowest BCUT2D eigenvalue weighted by atomic mass is 10.1. The second kappa shape index (κ2) is 10.0. The van der Waals surface area contributed by atoms with Crippen LogP contribution < -0.4 is 15.4 Å². The van der Waals surface area contributed by atoms with Crippen molar-refractivity contribution in [1.29, 1.82) is 0 Å². The van der Waals surface area contributed by atoms with Crippen LogP contribution in [-0.4, -0.2) is 45.5 Å². The van der Waals surface area contributed by atoms with E-state index < -0.39 is 10.0 Å². The van der Waals surface area contributed by atoms with Gasteiger partial charge in [-0.15, -0.1) is 0 Å². The summed E-state index contributed by atoms with van der Waals surface area (Å²) in [7, 11) is -1.83. The number of nitrogens with zero attached hydrogens (tertiary/aromatic N) is 1. The monoisotopic (exact) mass is 384 g/mol. The molecule has 0 aromatic heterocycles. The van der Waals surface area contributed by atoms with Crippen LogP contribution in [0.5, 0.6) is 0 Å². The number of nitrogens with one attached hydrogen (secondary N) is 3. The first-order chi connectivity index (χ1) is 12.0. The fourth-order valence-corrected chi connectivity index (χ4v) is 4.60. The summed E-state index contributed by atoms with van der Waals surface area (Å²) in [5.74, 6) is 2.05. The molecule has 1 unspecified atom stereocenters. The number of hydrogen-bond donors (Lipinski definition) is 3. The minimum absolute atomic E-state index is 0.0156. The van der Waals surface area contributed by atoms with Crippen LogP contribution in [0.2, 0.25) is 0 Å². The second-order valence-corrected chi connectivity index (χ2v) is 9.33. The average molecular weight is 385 g/mol. The van der Waals surface area contributed by atoms with Gasteiger partial charge in [-0.05, 0) is 43.7 Å². The van der Waals surface area contributed by atoms with Gasteiger partial charge in [-0.25, -0.2) is 18.1 Å². The Morgan fingerprint density at radius 1 is 1.32 bits per heavy atom. The summed E-state index contributed by atoms with van der Waals surface area (Å²) < 4.78 is 25.7. The molecule has 1 heterocycles. The van der Waals surface area contributed by atoms with Crippen LogP contribution >= 0.6 is 11.8 Å². The molecule has 3 N–H and O–H groups in total. The predicted octanol–water partition coefficient (Wildman–Crippen LogP) is 1.69. The number of sulfonamides is 1. The van der Waals surface area contributed by atoms with Gasteiger partial charge < -0.3 is 10.6 Å². The zero-order valence-electron chi connectivity index (χ0n) is 14.9. The Morgan fingerprint density at radius 3 is 2.80 bits per heavy atom. The van der Waals surface area contributed by atoms with E-state index in [1.165, 1.54) is 25.6 Å². The van der Waals surface area contributed by atoms with Crippen molar-refractivity contribution < 1.29 is 8.42 Å². The van der Waals surface area contributed by atoms with Gasteiger partial charge >= 0.3 is 0 Å². The molecule has 0 amide bonds. The van der Waals surface area contributed by atoms with Crippen LogP contribution in [-0.2, 0) is 22.3 Å². The number of rotatable bonds is 8. The molecule has 25 heavy (non-hydrogen) atoms. The van der Waals surface area contributed by atoms with E-state index in [2.05, 4.69) is 20.3 Å². The Balaban J connectivity index is 1.96. The third-order valence-electron chi connectivity index (χ3n) is 3.94. The Hall–Kier alpha value is -1.25. The van der Waals surface area contributed by atoms with Gasteiger partial charge in [0, 0.05) is 18.3 Å². The van der Waals surface area contributed by atoms with Crippen molar-refractivity contribution in [3.8, 4) is 0 Å². The van der Waals surface area contributed by atoms with Gasteiger partial charge in [0.15, 0.2) is 5.96 Å². The SMILES string of the molecule is CCNC(=NCc1cccc(CS(=O)(=O)NC)c1)NCC1CCCS1. The van der Waals surface area contributed by atoms with Crippen molar-refractivity contribution in [2.45, 2.75) is 37.3 Å². The van der Waals surface area contributed by atoms with Crippen LogP contribution in [0.15, 0.2) is 29.3 Å². The topological polar surface area (TPSA) is 82.6 Å². The molecule has 140 valence electrons. The average Bonchev–Trinajstić information content (AvgIpc) is 3.11. The minimum atomic E-state index is -3.26. The first kappa shape index (κ1) is 20.1. The molecule has 1 aliphatic heterocycles. The highest BCUT2D eigenvalue weighted by Gasteiger charge is 2.15. The molecule has 0 spiro atoms. The van der Waals surface area contributed by atoms with E-state index in [1.807, 2.05) is 43.0 Å². The van der Waals surface area contributed by atoms with Crippen LogP contribution in [0, 0.1) is 0 Å². The van der Waals surface area contributed by atoms with Crippen molar-refractivity contribution in [3.63, 3.8) is 0 Å². The molecule has 0 bridgehead atoms. The van der Waals surface area contributed by atoms with E-state index in [1.54, 1.807) is 0 Å². The first-order valence-electron chi connectivity index (χ1n) is 8.65. The molecule has 8 heteroatoms. The van der Waals surface area contributed by atoms with Crippen LogP contribution in [0.1, 0.15) is 30.9 Å². The summed E-state index contributed by atoms with van der Waals surface area (Å²) in [5, 5.41) is 7.34. The number of guanidine groups is 1. The lowest BCUT2D eigenvalue weighted by Gasteiger charge is -2.14. The number of benzene rings is 1. The van der Waals surface area contributed by atoms with E-state index in [0.29, 0.717) is 11.8 Å². The maximum atomic E-state index is 11.7. The molecule has 2 rings (SSSR count). The third kappa shape index (κ3) is 7.25. The molecule has 6 nitrogen and oxygen atoms in total. The van der Waals surface area contributed by atoms with Gasteiger partial charge in [0.2, 0.25) is 10.0 Å². The molecule has 0 radical (unpaired) electrons. The number of hydrogen-bond acceptors (Lipinski definition) is 4. The highest BCUT2D eigenvalue weighted by Crippen LogP contribution is 2.25. The summed E-state index contributed by atoms with van der Waals surface area (Å²) in [4.78, 5) is 4.62. The smallest absolute Gasteiger partial charge is 0.215 e. The first-order valence-corrected chi connectivity index (χ1v) is 11.4. The molecule has 0 aliphatic carbocycles. The van der Waals surface area contributed by atoms with Gasteiger partial charge in [0.1, 0.15) is 0 Å². The minimum Gasteiger partial charge on any atom is -0.357 e. The molecule has 1 atom stereocenters. The summed E-state index contributed by atoms with van der Waals surface area (Å²) in [6.07, 6.45) is 2.56. The van der Waals surface area contributed by atoms with Crippen molar-refractivity contribution >= 4 is 27.7 Å². The van der Waals surface area contributed by atoms with E-state index in [-0.39, 0.29) is 5.75 Å². The zero-order valence-corrected chi connectivity index (χ0v) is 16.5. The van der Waals surface area contributed by atoms with Gasteiger partial charge in [-0.3, -0.25) is 0 Å². The van der Waals surface area contributed by atoms with Gasteiger partial charge in [0.05, 0.1) is 12.3 Å². The predicted molar refractivity (Wildman–Crippen MR) is 106 cm³/mol. The van der Waals surface area contributed by atoms with E-state index in [9.17, 15) is 8.42 Å². The van der Waals surface area contributed by atoms with Gasteiger partial charge in [-0.1, -0.05) is 24.3 Å². The normalized spacial score (nSPS) is 18.3. The van der Waals surface area contributed by atoms with E-state index >= 15 is 0 Å². The van der Waals surface area contributed by atoms with Crippen molar-refractivity contribution in [3.05, 3.63) is 35.4 Å². The molecular weight excluding hydrogens is 356 g/mol. The van der Waals surface area contributed by atoms with Crippen molar-refractivity contribution in [1.82, 2.24) is 15.4 Å². The number of thioether (sulfide) groups is 1. The number of aliphatic imine (C=N–C) groups is 1. The highest BCUT2D eigenvalue weighted by atomic mass is 32.2. The summed E-state index contributed by atoms with van der Waals surface area (Å²) in [6.45, 7) is 4.30. The second-order valence-electron chi connectivity index (χ2n) is 5.99. The molecule has 1 aliphatic rings. The molecule has 1 aromatic carbocycles. The standard InChI is InChI=1S/C17H28N4O2S2/c1-3-19-17(21-12-16-8-5-9-24-16)20-11-14-6-4-7-15(10-14)13-25(22,23)18-2/h4,6-7,10,16,18H,3,5,8-9,11-13H2,1-2H3,(H2,19,20,21). The summed E-state index contributed by atoms with van der Waals surface area (Å²) >= 11 is 2.02. The highest BCUT2D eigenvalue weighted by molar-refractivity contribution is 8.00. The lowest BCUT2D eigenvalue weighted by Crippen LogP contribution is -2.40. The van der Waals surface area contributed by atoms with Crippen LogP contribution in [0.3, 0.4) is 0 Å². The Morgan fingerprint density at radius 2 is 2.12 bits per heavy atom. The molecular formula is C17H28N4O2S2. The fraction of sp³-hybridized carbons (Fsp3) is 0.588. The van der Waals surface area contributed by atoms with Gasteiger partial charge in [0.25, 0.3) is 0 Å². The van der Waals surface area contributed by atoms with Crippen LogP contribution in [0.4, 0.5) is 0 Å². The summed E-state index contributed by atoms with van der Waals surface area (Å²) in [6, 6.07) is 7.56. The van der Waals surface area contributed by atoms with E-state index in [4.69, 9.17) is 0 Å². The van der Waals surface area contributed by atoms with Crippen LogP contribution in [0.25, 0.3) is 0 Å². The maximum Gasteiger partial charge on any atom is 0.215 e. The lowest BCUT2D eigenvalue weighted by molar-refractivity contribution is 0.587. The Labute approximate surface area is 155 Å². The fourth-order valence-electron chi connectivity index (χ4n) is 2.64. The Bertz CT molecular complexity index is 671. The molecule has 1 aromatic rings. The van der Waals surface area contributed by atoms with Crippen molar-refractivity contribution in [2.75, 3.05) is 25.9 Å². The largest absolute Gasteiger partial charge is 0.357 e. The molecule has 1 fully saturated rings. The quantitative estimate of drug-likeness (QED) is 0.469. The maximum absolute atomic E-state index is 11.7. The molecule has 1 saturated heterocycles. The zero-order chi connectivity index (χ0) is 18.1.